The molecule has 1 aromatic heterocycles. The highest BCUT2D eigenvalue weighted by Crippen LogP contribution is 2.18. The van der Waals surface area contributed by atoms with Gasteiger partial charge in [-0.1, -0.05) is 36.4 Å². The molecule has 1 fully saturated rings. The monoisotopic (exact) mass is 309 g/mol. The minimum Gasteiger partial charge on any atom is -0.350 e. The molecule has 3 rings (SSSR count). The quantitative estimate of drug-likeness (QED) is 0.923. The van der Waals surface area contributed by atoms with Crippen molar-refractivity contribution in [3.8, 4) is 0 Å². The van der Waals surface area contributed by atoms with E-state index in [0.717, 1.165) is 38.2 Å². The molecule has 0 aliphatic carbocycles. The van der Waals surface area contributed by atoms with Crippen LogP contribution in [0, 0.1) is 5.92 Å². The average molecular weight is 309 g/mol. The first-order valence-electron chi connectivity index (χ1n) is 8.25. The van der Waals surface area contributed by atoms with Crippen LogP contribution in [0.1, 0.15) is 24.1 Å². The van der Waals surface area contributed by atoms with E-state index in [1.165, 1.54) is 5.56 Å². The number of hydrogen-bond acceptors (Lipinski definition) is 3. The third kappa shape index (κ3) is 4.63. The molecule has 2 aromatic rings. The summed E-state index contributed by atoms with van der Waals surface area (Å²) in [6, 6.07) is 16.2. The Morgan fingerprint density at radius 1 is 1.17 bits per heavy atom. The normalized spacial score (nSPS) is 18.5. The molecule has 1 amide bonds. The van der Waals surface area contributed by atoms with Crippen LogP contribution in [0.25, 0.3) is 0 Å². The molecular weight excluding hydrogens is 286 g/mol. The third-order valence-corrected chi connectivity index (χ3v) is 4.30. The van der Waals surface area contributed by atoms with Crippen LogP contribution >= 0.6 is 0 Å². The number of likely N-dealkylation sites (tertiary alicyclic amines) is 1. The van der Waals surface area contributed by atoms with E-state index in [2.05, 4.69) is 39.5 Å². The molecule has 1 aromatic carbocycles. The Morgan fingerprint density at radius 2 is 2.00 bits per heavy atom. The molecule has 0 spiro atoms. The van der Waals surface area contributed by atoms with Gasteiger partial charge in [0.2, 0.25) is 5.91 Å². The zero-order chi connectivity index (χ0) is 15.9. The zero-order valence-corrected chi connectivity index (χ0v) is 13.3. The number of nitrogens with one attached hydrogen (secondary N) is 1. The molecule has 1 saturated heterocycles. The summed E-state index contributed by atoms with van der Waals surface area (Å²) in [4.78, 5) is 19.0. The Kier molecular flexibility index (Phi) is 5.37. The molecule has 23 heavy (non-hydrogen) atoms. The lowest BCUT2D eigenvalue weighted by molar-refractivity contribution is -0.127. The van der Waals surface area contributed by atoms with Crippen LogP contribution in [-0.4, -0.2) is 28.9 Å². The number of piperidine rings is 1. The fraction of sp³-hybridized carbons (Fsp3) is 0.368. The molecule has 1 unspecified atom stereocenters. The van der Waals surface area contributed by atoms with Crippen molar-refractivity contribution in [2.75, 3.05) is 13.1 Å². The van der Waals surface area contributed by atoms with Crippen LogP contribution in [0.15, 0.2) is 54.7 Å². The fourth-order valence-corrected chi connectivity index (χ4v) is 3.08. The average Bonchev–Trinajstić information content (AvgIpc) is 2.62. The number of pyridine rings is 1. The lowest BCUT2D eigenvalue weighted by Crippen LogP contribution is -2.42. The van der Waals surface area contributed by atoms with E-state index in [-0.39, 0.29) is 11.8 Å². The number of aromatic nitrogens is 1. The van der Waals surface area contributed by atoms with Gasteiger partial charge in [-0.2, -0.15) is 0 Å². The molecular formula is C19H23N3O. The lowest BCUT2D eigenvalue weighted by Gasteiger charge is -2.32. The van der Waals surface area contributed by atoms with Crippen molar-refractivity contribution < 1.29 is 4.79 Å². The van der Waals surface area contributed by atoms with Gasteiger partial charge in [0, 0.05) is 19.3 Å². The van der Waals surface area contributed by atoms with Crippen LogP contribution in [0.5, 0.6) is 0 Å². The second-order valence-corrected chi connectivity index (χ2v) is 6.10. The van der Waals surface area contributed by atoms with Gasteiger partial charge in [-0.05, 0) is 37.1 Å². The van der Waals surface area contributed by atoms with E-state index >= 15 is 0 Å². The molecule has 2 heterocycles. The Bertz CT molecular complexity index is 615. The topological polar surface area (TPSA) is 45.2 Å². The minimum absolute atomic E-state index is 0.0798. The Labute approximate surface area is 137 Å². The SMILES string of the molecule is O=C(NCc1ccccn1)C1CCCN(Cc2ccccc2)C1. The number of benzene rings is 1. The van der Waals surface area contributed by atoms with Crippen LogP contribution < -0.4 is 5.32 Å². The van der Waals surface area contributed by atoms with Crippen molar-refractivity contribution in [2.45, 2.75) is 25.9 Å². The van der Waals surface area contributed by atoms with Crippen molar-refractivity contribution in [1.29, 1.82) is 0 Å². The molecule has 0 radical (unpaired) electrons. The fourth-order valence-electron chi connectivity index (χ4n) is 3.08. The standard InChI is InChI=1S/C19H23N3O/c23-19(21-13-18-10-4-5-11-20-18)17-9-6-12-22(15-17)14-16-7-2-1-3-8-16/h1-5,7-8,10-11,17H,6,9,12-15H2,(H,21,23). The van der Waals surface area contributed by atoms with Gasteiger partial charge in [0.1, 0.15) is 0 Å². The van der Waals surface area contributed by atoms with Gasteiger partial charge in [-0.25, -0.2) is 0 Å². The smallest absolute Gasteiger partial charge is 0.224 e. The van der Waals surface area contributed by atoms with E-state index in [0.29, 0.717) is 6.54 Å². The summed E-state index contributed by atoms with van der Waals surface area (Å²) in [7, 11) is 0. The van der Waals surface area contributed by atoms with Gasteiger partial charge in [0.15, 0.2) is 0 Å². The minimum atomic E-state index is 0.0798. The van der Waals surface area contributed by atoms with Crippen molar-refractivity contribution in [2.24, 2.45) is 5.92 Å². The largest absolute Gasteiger partial charge is 0.350 e. The van der Waals surface area contributed by atoms with Gasteiger partial charge in [0.05, 0.1) is 18.2 Å². The summed E-state index contributed by atoms with van der Waals surface area (Å²) >= 11 is 0. The van der Waals surface area contributed by atoms with Gasteiger partial charge < -0.3 is 5.32 Å². The first-order chi connectivity index (χ1) is 11.3. The molecule has 4 heteroatoms. The first-order valence-corrected chi connectivity index (χ1v) is 8.25. The first kappa shape index (κ1) is 15.7. The summed E-state index contributed by atoms with van der Waals surface area (Å²) in [5.74, 6) is 0.226. The van der Waals surface area contributed by atoms with Crippen LogP contribution in [0.3, 0.4) is 0 Å². The molecule has 0 bridgehead atoms. The summed E-state index contributed by atoms with van der Waals surface area (Å²) in [6.07, 6.45) is 3.80. The predicted molar refractivity (Wildman–Crippen MR) is 90.5 cm³/mol. The summed E-state index contributed by atoms with van der Waals surface area (Å²) in [5, 5.41) is 3.02. The predicted octanol–water partition coefficient (Wildman–Crippen LogP) is 2.61. The van der Waals surface area contributed by atoms with Gasteiger partial charge in [0.25, 0.3) is 0 Å². The molecule has 1 aliphatic rings. The van der Waals surface area contributed by atoms with Crippen molar-refractivity contribution in [3.05, 3.63) is 66.0 Å². The van der Waals surface area contributed by atoms with Crippen molar-refractivity contribution in [3.63, 3.8) is 0 Å². The highest BCUT2D eigenvalue weighted by Gasteiger charge is 2.25. The van der Waals surface area contributed by atoms with E-state index in [1.54, 1.807) is 6.20 Å². The highest BCUT2D eigenvalue weighted by atomic mass is 16.1. The molecule has 0 saturated carbocycles. The lowest BCUT2D eigenvalue weighted by atomic mass is 9.96. The number of rotatable bonds is 5. The number of carbonyl (C=O) groups excluding carboxylic acids is 1. The maximum Gasteiger partial charge on any atom is 0.224 e. The Morgan fingerprint density at radius 3 is 2.78 bits per heavy atom. The van der Waals surface area contributed by atoms with E-state index in [1.807, 2.05) is 24.3 Å². The summed E-state index contributed by atoms with van der Waals surface area (Å²) in [5.41, 5.74) is 2.21. The van der Waals surface area contributed by atoms with E-state index < -0.39 is 0 Å². The van der Waals surface area contributed by atoms with Crippen LogP contribution in [-0.2, 0) is 17.9 Å². The summed E-state index contributed by atoms with van der Waals surface area (Å²) in [6.45, 7) is 3.33. The Balaban J connectivity index is 1.50. The molecule has 1 atom stereocenters. The molecule has 120 valence electrons. The van der Waals surface area contributed by atoms with Gasteiger partial charge >= 0.3 is 0 Å². The van der Waals surface area contributed by atoms with Gasteiger partial charge in [-0.15, -0.1) is 0 Å². The van der Waals surface area contributed by atoms with Gasteiger partial charge in [-0.3, -0.25) is 14.7 Å². The van der Waals surface area contributed by atoms with Crippen molar-refractivity contribution >= 4 is 5.91 Å². The van der Waals surface area contributed by atoms with Crippen molar-refractivity contribution in [1.82, 2.24) is 15.2 Å². The number of amides is 1. The van der Waals surface area contributed by atoms with Crippen LogP contribution in [0.2, 0.25) is 0 Å². The second-order valence-electron chi connectivity index (χ2n) is 6.10. The third-order valence-electron chi connectivity index (χ3n) is 4.30. The number of nitrogens with zero attached hydrogens (tertiary/aromatic N) is 2. The van der Waals surface area contributed by atoms with Crippen LogP contribution in [0.4, 0.5) is 0 Å². The highest BCUT2D eigenvalue weighted by molar-refractivity contribution is 5.78. The number of hydrogen-bond donors (Lipinski definition) is 1. The molecule has 4 nitrogen and oxygen atoms in total. The number of carbonyl (C=O) groups is 1. The van der Waals surface area contributed by atoms with E-state index in [4.69, 9.17) is 0 Å². The Hall–Kier alpha value is -2.20. The summed E-state index contributed by atoms with van der Waals surface area (Å²) < 4.78 is 0. The molecule has 1 aliphatic heterocycles. The maximum atomic E-state index is 12.4. The zero-order valence-electron chi connectivity index (χ0n) is 13.3. The maximum absolute atomic E-state index is 12.4. The molecule has 1 N–H and O–H groups in total. The second kappa shape index (κ2) is 7.88. The van der Waals surface area contributed by atoms with E-state index in [9.17, 15) is 4.79 Å².